The van der Waals surface area contributed by atoms with Gasteiger partial charge in [0.25, 0.3) is 0 Å². The lowest BCUT2D eigenvalue weighted by molar-refractivity contribution is 0.308. The Hall–Kier alpha value is -1.68. The van der Waals surface area contributed by atoms with E-state index in [1.807, 2.05) is 31.2 Å². The number of benzene rings is 2. The van der Waals surface area contributed by atoms with Crippen molar-refractivity contribution in [3.05, 3.63) is 53.8 Å². The Balaban J connectivity index is 1.80. The van der Waals surface area contributed by atoms with E-state index in [1.54, 1.807) is 12.1 Å². The Labute approximate surface area is 150 Å². The molecule has 0 heterocycles. The lowest BCUT2D eigenvalue weighted by Gasteiger charge is -2.25. The molecule has 0 N–H and O–H groups in total. The Bertz CT molecular complexity index is 833. The number of halogens is 1. The standard InChI is InChI=1S/C21H25FO2S/c1-15-3-7-17(8-4-15)14-25(23,24)19-11-12-20(21(22)13-19)18-9-5-16(2)6-10-18/h5-6,9-13,15,17H,3-4,7-8,14H2,1-2H3. The summed E-state index contributed by atoms with van der Waals surface area (Å²) in [6, 6.07) is 11.8. The highest BCUT2D eigenvalue weighted by atomic mass is 32.2. The molecule has 1 aliphatic carbocycles. The molecule has 0 unspecified atom stereocenters. The zero-order valence-electron chi connectivity index (χ0n) is 14.8. The first kappa shape index (κ1) is 18.1. The van der Waals surface area contributed by atoms with Crippen molar-refractivity contribution in [1.82, 2.24) is 0 Å². The average Bonchev–Trinajstić information content (AvgIpc) is 2.58. The van der Waals surface area contributed by atoms with Gasteiger partial charge in [-0.05, 0) is 49.3 Å². The van der Waals surface area contributed by atoms with Gasteiger partial charge in [0.15, 0.2) is 9.84 Å². The molecule has 2 aromatic carbocycles. The predicted octanol–water partition coefficient (Wildman–Crippen LogP) is 5.40. The molecule has 1 saturated carbocycles. The topological polar surface area (TPSA) is 34.1 Å². The minimum atomic E-state index is -3.45. The van der Waals surface area contributed by atoms with Gasteiger partial charge in [0, 0.05) is 5.56 Å². The highest BCUT2D eigenvalue weighted by Gasteiger charge is 2.25. The summed E-state index contributed by atoms with van der Waals surface area (Å²) in [4.78, 5) is 0.0967. The molecule has 0 bridgehead atoms. The number of hydrogen-bond donors (Lipinski definition) is 0. The molecular weight excluding hydrogens is 335 g/mol. The monoisotopic (exact) mass is 360 g/mol. The molecule has 0 amide bonds. The Morgan fingerprint density at radius 3 is 2.24 bits per heavy atom. The van der Waals surface area contributed by atoms with Crippen LogP contribution in [0.25, 0.3) is 11.1 Å². The molecule has 0 spiro atoms. The molecule has 0 radical (unpaired) electrons. The minimum Gasteiger partial charge on any atom is -0.224 e. The van der Waals surface area contributed by atoms with Crippen molar-refractivity contribution in [2.75, 3.05) is 5.75 Å². The molecule has 0 aromatic heterocycles. The van der Waals surface area contributed by atoms with Gasteiger partial charge in [0.2, 0.25) is 0 Å². The van der Waals surface area contributed by atoms with Gasteiger partial charge in [-0.25, -0.2) is 12.8 Å². The van der Waals surface area contributed by atoms with Crippen molar-refractivity contribution in [2.24, 2.45) is 11.8 Å². The van der Waals surface area contributed by atoms with E-state index in [-0.39, 0.29) is 16.6 Å². The van der Waals surface area contributed by atoms with E-state index >= 15 is 0 Å². The second-order valence-electron chi connectivity index (χ2n) is 7.41. The van der Waals surface area contributed by atoms with E-state index in [0.29, 0.717) is 11.5 Å². The Morgan fingerprint density at radius 1 is 1.00 bits per heavy atom. The molecule has 2 aromatic rings. The van der Waals surface area contributed by atoms with Crippen molar-refractivity contribution >= 4 is 9.84 Å². The van der Waals surface area contributed by atoms with Gasteiger partial charge >= 0.3 is 0 Å². The molecule has 0 atom stereocenters. The first-order valence-corrected chi connectivity index (χ1v) is 10.6. The smallest absolute Gasteiger partial charge is 0.178 e. The summed E-state index contributed by atoms with van der Waals surface area (Å²) in [5, 5.41) is 0. The Kier molecular flexibility index (Phi) is 5.28. The molecule has 2 nitrogen and oxygen atoms in total. The van der Waals surface area contributed by atoms with Crippen molar-refractivity contribution in [3.8, 4) is 11.1 Å². The van der Waals surface area contributed by atoms with Crippen LogP contribution in [-0.4, -0.2) is 14.2 Å². The second kappa shape index (κ2) is 7.28. The number of aryl methyl sites for hydroxylation is 1. The maximum absolute atomic E-state index is 14.5. The highest BCUT2D eigenvalue weighted by molar-refractivity contribution is 7.91. The van der Waals surface area contributed by atoms with Crippen LogP contribution in [0.15, 0.2) is 47.4 Å². The quantitative estimate of drug-likeness (QED) is 0.731. The maximum Gasteiger partial charge on any atom is 0.178 e. The zero-order chi connectivity index (χ0) is 18.0. The fourth-order valence-corrected chi connectivity index (χ4v) is 5.26. The van der Waals surface area contributed by atoms with Crippen LogP contribution in [0.2, 0.25) is 0 Å². The van der Waals surface area contributed by atoms with Crippen molar-refractivity contribution in [1.29, 1.82) is 0 Å². The van der Waals surface area contributed by atoms with Crippen LogP contribution in [-0.2, 0) is 9.84 Å². The predicted molar refractivity (Wildman–Crippen MR) is 99.7 cm³/mol. The van der Waals surface area contributed by atoms with E-state index in [0.717, 1.165) is 36.8 Å². The average molecular weight is 360 g/mol. The van der Waals surface area contributed by atoms with Crippen LogP contribution in [0, 0.1) is 24.6 Å². The van der Waals surface area contributed by atoms with E-state index in [9.17, 15) is 12.8 Å². The second-order valence-corrected chi connectivity index (χ2v) is 9.45. The van der Waals surface area contributed by atoms with Crippen LogP contribution in [0.4, 0.5) is 4.39 Å². The lowest BCUT2D eigenvalue weighted by Crippen LogP contribution is -2.21. The van der Waals surface area contributed by atoms with Crippen LogP contribution in [0.5, 0.6) is 0 Å². The fourth-order valence-electron chi connectivity index (χ4n) is 3.56. The van der Waals surface area contributed by atoms with Crippen molar-refractivity contribution < 1.29 is 12.8 Å². The third kappa shape index (κ3) is 4.30. The molecule has 3 rings (SSSR count). The first-order valence-electron chi connectivity index (χ1n) is 8.94. The van der Waals surface area contributed by atoms with Gasteiger partial charge in [-0.1, -0.05) is 55.7 Å². The van der Waals surface area contributed by atoms with Crippen LogP contribution >= 0.6 is 0 Å². The summed E-state index contributed by atoms with van der Waals surface area (Å²) in [6.07, 6.45) is 4.07. The molecule has 0 saturated heterocycles. The van der Waals surface area contributed by atoms with Crippen LogP contribution in [0.3, 0.4) is 0 Å². The summed E-state index contributed by atoms with van der Waals surface area (Å²) in [5.41, 5.74) is 2.30. The lowest BCUT2D eigenvalue weighted by atomic mass is 9.84. The molecule has 0 aliphatic heterocycles. The summed E-state index contributed by atoms with van der Waals surface area (Å²) in [7, 11) is -3.45. The SMILES string of the molecule is Cc1ccc(-c2ccc(S(=O)(=O)CC3CCC(C)CC3)cc2F)cc1. The van der Waals surface area contributed by atoms with E-state index < -0.39 is 15.7 Å². The van der Waals surface area contributed by atoms with Gasteiger partial charge in [-0.2, -0.15) is 0 Å². The van der Waals surface area contributed by atoms with Gasteiger partial charge in [0.05, 0.1) is 10.6 Å². The van der Waals surface area contributed by atoms with Gasteiger partial charge in [-0.15, -0.1) is 0 Å². The van der Waals surface area contributed by atoms with Gasteiger partial charge in [0.1, 0.15) is 5.82 Å². The highest BCUT2D eigenvalue weighted by Crippen LogP contribution is 2.31. The third-order valence-corrected chi connectivity index (χ3v) is 7.14. The number of hydrogen-bond acceptors (Lipinski definition) is 2. The normalized spacial score (nSPS) is 21.2. The number of sulfone groups is 1. The van der Waals surface area contributed by atoms with Crippen LogP contribution < -0.4 is 0 Å². The minimum absolute atomic E-state index is 0.0967. The van der Waals surface area contributed by atoms with E-state index in [2.05, 4.69) is 6.92 Å². The zero-order valence-corrected chi connectivity index (χ0v) is 15.7. The molecule has 1 fully saturated rings. The van der Waals surface area contributed by atoms with Gasteiger partial charge < -0.3 is 0 Å². The summed E-state index contributed by atoms with van der Waals surface area (Å²) < 4.78 is 39.9. The number of rotatable bonds is 4. The summed E-state index contributed by atoms with van der Waals surface area (Å²) in [5.74, 6) is 0.525. The fraction of sp³-hybridized carbons (Fsp3) is 0.429. The third-order valence-electron chi connectivity index (χ3n) is 5.25. The molecular formula is C21H25FO2S. The maximum atomic E-state index is 14.5. The molecule has 25 heavy (non-hydrogen) atoms. The summed E-state index contributed by atoms with van der Waals surface area (Å²) in [6.45, 7) is 4.19. The van der Waals surface area contributed by atoms with Crippen molar-refractivity contribution in [3.63, 3.8) is 0 Å². The van der Waals surface area contributed by atoms with Crippen molar-refractivity contribution in [2.45, 2.75) is 44.4 Å². The van der Waals surface area contributed by atoms with E-state index in [4.69, 9.17) is 0 Å². The van der Waals surface area contributed by atoms with E-state index in [1.165, 1.54) is 6.07 Å². The summed E-state index contributed by atoms with van der Waals surface area (Å²) >= 11 is 0. The molecule has 1 aliphatic rings. The molecule has 134 valence electrons. The molecule has 4 heteroatoms. The van der Waals surface area contributed by atoms with Crippen LogP contribution in [0.1, 0.15) is 38.2 Å². The Morgan fingerprint density at radius 2 is 1.64 bits per heavy atom. The largest absolute Gasteiger partial charge is 0.224 e. The first-order chi connectivity index (χ1) is 11.8. The van der Waals surface area contributed by atoms with Gasteiger partial charge in [-0.3, -0.25) is 0 Å².